The molecule has 0 bridgehead atoms. The smallest absolute Gasteiger partial charge is 0.155 e. The van der Waals surface area contributed by atoms with E-state index in [-0.39, 0.29) is 0 Å². The van der Waals surface area contributed by atoms with Crippen molar-refractivity contribution >= 4 is 66.1 Å². The van der Waals surface area contributed by atoms with Gasteiger partial charge in [-0.05, 0) is 48.5 Å². The molecule has 28 heavy (non-hydrogen) atoms. The van der Waals surface area contributed by atoms with E-state index < -0.39 is 0 Å². The van der Waals surface area contributed by atoms with Crippen LogP contribution in [0.25, 0.3) is 20.4 Å². The first-order chi connectivity index (χ1) is 13.8. The van der Waals surface area contributed by atoms with Crippen molar-refractivity contribution in [2.24, 2.45) is 5.10 Å². The molecule has 0 radical (unpaired) electrons. The predicted molar refractivity (Wildman–Crippen MR) is 120 cm³/mol. The van der Waals surface area contributed by atoms with E-state index in [0.29, 0.717) is 5.02 Å². The van der Waals surface area contributed by atoms with E-state index in [1.165, 1.54) is 0 Å². The van der Waals surface area contributed by atoms with Gasteiger partial charge in [-0.2, -0.15) is 5.10 Å². The van der Waals surface area contributed by atoms with Crippen LogP contribution < -0.4 is 5.43 Å². The lowest BCUT2D eigenvalue weighted by Crippen LogP contribution is -2.06. The zero-order valence-electron chi connectivity index (χ0n) is 14.5. The number of nitrogens with zero attached hydrogens (tertiary/aromatic N) is 3. The summed E-state index contributed by atoms with van der Waals surface area (Å²) in [7, 11) is 0. The van der Waals surface area contributed by atoms with Crippen LogP contribution in [0.15, 0.2) is 77.9 Å². The number of benzene rings is 3. The lowest BCUT2D eigenvalue weighted by Gasteiger charge is -2.03. The summed E-state index contributed by atoms with van der Waals surface area (Å²) in [5.74, 6) is 0. The number of fused-ring (bicyclic) bond motifs is 2. The Bertz CT molecular complexity index is 1160. The van der Waals surface area contributed by atoms with Crippen LogP contribution in [0.4, 0.5) is 5.69 Å². The molecule has 0 amide bonds. The summed E-state index contributed by atoms with van der Waals surface area (Å²) in [5, 5.41) is 7.03. The molecule has 0 spiro atoms. The molecule has 0 unspecified atom stereocenters. The fourth-order valence-corrected chi connectivity index (χ4v) is 4.88. The monoisotopic (exact) mass is 420 g/mol. The Hall–Kier alpha value is -2.80. The molecular formula is C21H13ClN4S2. The van der Waals surface area contributed by atoms with Gasteiger partial charge in [-0.3, -0.25) is 5.43 Å². The van der Waals surface area contributed by atoms with Gasteiger partial charge in [0.15, 0.2) is 5.71 Å². The molecule has 0 fully saturated rings. The third kappa shape index (κ3) is 3.38. The Labute approximate surface area is 174 Å². The highest BCUT2D eigenvalue weighted by Gasteiger charge is 2.17. The van der Waals surface area contributed by atoms with Gasteiger partial charge < -0.3 is 0 Å². The van der Waals surface area contributed by atoms with Crippen LogP contribution >= 0.6 is 34.3 Å². The van der Waals surface area contributed by atoms with Crippen LogP contribution in [0.3, 0.4) is 0 Å². The van der Waals surface area contributed by atoms with E-state index in [1.54, 1.807) is 22.7 Å². The van der Waals surface area contributed by atoms with Crippen molar-refractivity contribution in [2.45, 2.75) is 0 Å². The molecule has 0 aliphatic rings. The van der Waals surface area contributed by atoms with Crippen molar-refractivity contribution in [2.75, 3.05) is 5.43 Å². The Morgan fingerprint density at radius 2 is 1.29 bits per heavy atom. The Balaban J connectivity index is 1.62. The van der Waals surface area contributed by atoms with Gasteiger partial charge in [-0.25, -0.2) is 9.97 Å². The molecular weight excluding hydrogens is 408 g/mol. The molecule has 0 aliphatic heterocycles. The van der Waals surface area contributed by atoms with Gasteiger partial charge in [0.25, 0.3) is 0 Å². The second-order valence-corrected chi connectivity index (χ2v) is 8.55. The Morgan fingerprint density at radius 1 is 0.750 bits per heavy atom. The van der Waals surface area contributed by atoms with Gasteiger partial charge in [0.1, 0.15) is 10.0 Å². The highest BCUT2D eigenvalue weighted by atomic mass is 35.5. The lowest BCUT2D eigenvalue weighted by molar-refractivity contribution is 1.30. The maximum atomic E-state index is 5.98. The molecule has 4 nitrogen and oxygen atoms in total. The summed E-state index contributed by atoms with van der Waals surface area (Å²) < 4.78 is 2.25. The zero-order chi connectivity index (χ0) is 18.9. The number of rotatable bonds is 4. The van der Waals surface area contributed by atoms with E-state index >= 15 is 0 Å². The van der Waals surface area contributed by atoms with Crippen LogP contribution in [0.5, 0.6) is 0 Å². The quantitative estimate of drug-likeness (QED) is 0.269. The van der Waals surface area contributed by atoms with E-state index in [2.05, 4.69) is 22.7 Å². The highest BCUT2D eigenvalue weighted by molar-refractivity contribution is 7.23. The standard InChI is InChI=1S/C21H13ClN4S2/c22-13-9-11-14(12-10-13)25-26-19(20-23-15-5-1-3-7-17(15)27-20)21-24-16-6-2-4-8-18(16)28-21/h1-12,25H. The molecule has 7 heteroatoms. The van der Waals surface area contributed by atoms with Crippen LogP contribution in [0, 0.1) is 0 Å². The average Bonchev–Trinajstić information content (AvgIpc) is 3.33. The highest BCUT2D eigenvalue weighted by Crippen LogP contribution is 2.28. The van der Waals surface area contributed by atoms with Crippen molar-refractivity contribution in [3.05, 3.63) is 87.8 Å². The second kappa shape index (κ2) is 7.31. The molecule has 0 saturated heterocycles. The molecule has 0 atom stereocenters. The minimum Gasteiger partial charge on any atom is -0.278 e. The fourth-order valence-electron chi connectivity index (χ4n) is 2.78. The number of para-hydroxylation sites is 2. The number of hydrogen-bond acceptors (Lipinski definition) is 6. The average molecular weight is 421 g/mol. The first-order valence-electron chi connectivity index (χ1n) is 8.57. The second-order valence-electron chi connectivity index (χ2n) is 6.05. The number of thiazole rings is 2. The van der Waals surface area contributed by atoms with Gasteiger partial charge in [-0.15, -0.1) is 22.7 Å². The van der Waals surface area contributed by atoms with Crippen molar-refractivity contribution in [3.8, 4) is 0 Å². The van der Waals surface area contributed by atoms with Gasteiger partial charge in [0.05, 0.1) is 26.1 Å². The van der Waals surface area contributed by atoms with E-state index in [9.17, 15) is 0 Å². The van der Waals surface area contributed by atoms with E-state index in [0.717, 1.165) is 41.8 Å². The molecule has 136 valence electrons. The largest absolute Gasteiger partial charge is 0.278 e. The molecule has 1 N–H and O–H groups in total. The fraction of sp³-hybridized carbons (Fsp3) is 0. The number of anilines is 1. The normalized spacial score (nSPS) is 11.0. The number of aromatic nitrogens is 2. The Kier molecular flexibility index (Phi) is 4.52. The summed E-state index contributed by atoms with van der Waals surface area (Å²) in [6.45, 7) is 0. The molecule has 5 aromatic rings. The van der Waals surface area contributed by atoms with Crippen molar-refractivity contribution in [3.63, 3.8) is 0 Å². The SMILES string of the molecule is Clc1ccc(NN=C(c2nc3ccccc3s2)c2nc3ccccc3s2)cc1. The molecule has 5 rings (SSSR count). The first-order valence-corrected chi connectivity index (χ1v) is 10.6. The van der Waals surface area contributed by atoms with E-state index in [4.69, 9.17) is 21.6 Å². The zero-order valence-corrected chi connectivity index (χ0v) is 16.9. The maximum absolute atomic E-state index is 5.98. The first kappa shape index (κ1) is 17.3. The van der Waals surface area contributed by atoms with Gasteiger partial charge in [0.2, 0.25) is 0 Å². The molecule has 2 aromatic heterocycles. The van der Waals surface area contributed by atoms with Crippen LogP contribution in [-0.2, 0) is 0 Å². The summed E-state index contributed by atoms with van der Waals surface area (Å²) in [4.78, 5) is 9.56. The summed E-state index contributed by atoms with van der Waals surface area (Å²) in [5.41, 5.74) is 6.63. The molecule has 2 heterocycles. The van der Waals surface area contributed by atoms with Crippen LogP contribution in [0.1, 0.15) is 10.0 Å². The van der Waals surface area contributed by atoms with Gasteiger partial charge in [0, 0.05) is 5.02 Å². The van der Waals surface area contributed by atoms with Crippen molar-refractivity contribution in [1.82, 2.24) is 9.97 Å². The van der Waals surface area contributed by atoms with Gasteiger partial charge in [-0.1, -0.05) is 35.9 Å². The lowest BCUT2D eigenvalue weighted by atomic mass is 10.3. The minimum absolute atomic E-state index is 0.687. The summed E-state index contributed by atoms with van der Waals surface area (Å²) >= 11 is 9.20. The predicted octanol–water partition coefficient (Wildman–Crippen LogP) is 6.42. The van der Waals surface area contributed by atoms with Crippen molar-refractivity contribution < 1.29 is 0 Å². The number of nitrogens with one attached hydrogen (secondary N) is 1. The molecule has 3 aromatic carbocycles. The topological polar surface area (TPSA) is 50.2 Å². The van der Waals surface area contributed by atoms with Crippen molar-refractivity contribution in [1.29, 1.82) is 0 Å². The Morgan fingerprint density at radius 3 is 1.82 bits per heavy atom. The third-order valence-corrected chi connectivity index (χ3v) is 6.47. The number of halogens is 1. The minimum atomic E-state index is 0.687. The van der Waals surface area contributed by atoms with Crippen LogP contribution in [-0.4, -0.2) is 15.7 Å². The molecule has 0 saturated carbocycles. The number of hydrogen-bond donors (Lipinski definition) is 1. The molecule has 0 aliphatic carbocycles. The summed E-state index contributed by atoms with van der Waals surface area (Å²) in [6.07, 6.45) is 0. The van der Waals surface area contributed by atoms with Gasteiger partial charge >= 0.3 is 0 Å². The number of hydrazone groups is 1. The third-order valence-electron chi connectivity index (χ3n) is 4.13. The maximum Gasteiger partial charge on any atom is 0.155 e. The summed E-state index contributed by atoms with van der Waals surface area (Å²) in [6, 6.07) is 23.6. The van der Waals surface area contributed by atoms with E-state index in [1.807, 2.05) is 60.7 Å². The van der Waals surface area contributed by atoms with Crippen LogP contribution in [0.2, 0.25) is 5.02 Å².